The van der Waals surface area contributed by atoms with Gasteiger partial charge in [-0.1, -0.05) is 33.1 Å². The molecule has 0 aliphatic heterocycles. The van der Waals surface area contributed by atoms with Crippen molar-refractivity contribution < 1.29 is 4.74 Å². The molecule has 1 atom stereocenters. The Morgan fingerprint density at radius 3 is 2.65 bits per heavy atom. The Bertz CT molecular complexity index is 371. The van der Waals surface area contributed by atoms with Gasteiger partial charge in [0.25, 0.3) is 0 Å². The molecule has 1 N–H and O–H groups in total. The number of pyridine rings is 1. The maximum absolute atomic E-state index is 5.89. The van der Waals surface area contributed by atoms with Gasteiger partial charge in [0.2, 0.25) is 0 Å². The molecule has 0 bridgehead atoms. The molecule has 0 saturated heterocycles. The molecule has 0 aromatic carbocycles. The van der Waals surface area contributed by atoms with E-state index in [1.807, 2.05) is 6.20 Å². The summed E-state index contributed by atoms with van der Waals surface area (Å²) in [7, 11) is 0. The van der Waals surface area contributed by atoms with E-state index in [2.05, 4.69) is 36.3 Å². The summed E-state index contributed by atoms with van der Waals surface area (Å²) in [5, 5.41) is 3.45. The number of hydrogen-bond donors (Lipinski definition) is 1. The molecular formula is C17H28N2O. The fourth-order valence-electron chi connectivity index (χ4n) is 2.96. The van der Waals surface area contributed by atoms with E-state index in [4.69, 9.17) is 4.74 Å². The Morgan fingerprint density at radius 2 is 2.05 bits per heavy atom. The Hall–Kier alpha value is -1.09. The van der Waals surface area contributed by atoms with Crippen molar-refractivity contribution in [3.63, 3.8) is 0 Å². The first kappa shape index (κ1) is 15.3. The van der Waals surface area contributed by atoms with Crippen LogP contribution in [0.5, 0.6) is 5.75 Å². The van der Waals surface area contributed by atoms with Crippen LogP contribution in [0.2, 0.25) is 0 Å². The van der Waals surface area contributed by atoms with E-state index in [0.29, 0.717) is 6.04 Å². The minimum absolute atomic E-state index is 0.354. The predicted molar refractivity (Wildman–Crippen MR) is 83.0 cm³/mol. The molecule has 1 aliphatic carbocycles. The van der Waals surface area contributed by atoms with Crippen LogP contribution in [-0.2, 0) is 0 Å². The molecule has 3 heteroatoms. The number of hydrogen-bond acceptors (Lipinski definition) is 3. The Balaban J connectivity index is 1.84. The first-order valence-corrected chi connectivity index (χ1v) is 8.15. The second-order valence-corrected chi connectivity index (χ2v) is 5.75. The van der Waals surface area contributed by atoms with Crippen LogP contribution in [0, 0.1) is 5.92 Å². The van der Waals surface area contributed by atoms with E-state index in [-0.39, 0.29) is 0 Å². The zero-order chi connectivity index (χ0) is 14.2. The average molecular weight is 276 g/mol. The van der Waals surface area contributed by atoms with Gasteiger partial charge in [-0.15, -0.1) is 0 Å². The van der Waals surface area contributed by atoms with Crippen molar-refractivity contribution in [2.24, 2.45) is 5.92 Å². The highest BCUT2D eigenvalue weighted by atomic mass is 16.5. The molecule has 112 valence electrons. The van der Waals surface area contributed by atoms with E-state index in [9.17, 15) is 0 Å². The van der Waals surface area contributed by atoms with Crippen LogP contribution in [-0.4, -0.2) is 18.1 Å². The summed E-state index contributed by atoms with van der Waals surface area (Å²) in [6, 6.07) is 4.51. The van der Waals surface area contributed by atoms with Crippen LogP contribution in [0.1, 0.15) is 64.1 Å². The fraction of sp³-hybridized carbons (Fsp3) is 0.706. The Labute approximate surface area is 123 Å². The maximum atomic E-state index is 5.89. The molecule has 2 rings (SSSR count). The van der Waals surface area contributed by atoms with Crippen LogP contribution in [0.15, 0.2) is 18.3 Å². The van der Waals surface area contributed by atoms with Crippen LogP contribution in [0.4, 0.5) is 0 Å². The summed E-state index contributed by atoms with van der Waals surface area (Å²) in [5.41, 5.74) is 1.11. The summed E-state index contributed by atoms with van der Waals surface area (Å²) in [4.78, 5) is 4.54. The largest absolute Gasteiger partial charge is 0.492 e. The summed E-state index contributed by atoms with van der Waals surface area (Å²) < 4.78 is 5.89. The number of nitrogens with one attached hydrogen (secondary N) is 1. The molecule has 0 spiro atoms. The van der Waals surface area contributed by atoms with Gasteiger partial charge in [-0.25, -0.2) is 0 Å². The minimum atomic E-state index is 0.354. The van der Waals surface area contributed by atoms with E-state index < -0.39 is 0 Å². The van der Waals surface area contributed by atoms with Crippen molar-refractivity contribution in [2.45, 2.75) is 58.4 Å². The van der Waals surface area contributed by atoms with E-state index in [1.54, 1.807) is 0 Å². The summed E-state index contributed by atoms with van der Waals surface area (Å²) in [5.74, 6) is 1.65. The molecule has 0 amide bonds. The van der Waals surface area contributed by atoms with E-state index in [0.717, 1.165) is 36.9 Å². The van der Waals surface area contributed by atoms with Gasteiger partial charge in [-0.3, -0.25) is 4.98 Å². The van der Waals surface area contributed by atoms with Crippen molar-refractivity contribution in [3.8, 4) is 5.75 Å². The topological polar surface area (TPSA) is 34.1 Å². The second kappa shape index (κ2) is 8.25. The molecular weight excluding hydrogens is 248 g/mol. The third-order valence-electron chi connectivity index (χ3n) is 4.19. The van der Waals surface area contributed by atoms with Gasteiger partial charge >= 0.3 is 0 Å². The van der Waals surface area contributed by atoms with Crippen LogP contribution >= 0.6 is 0 Å². The van der Waals surface area contributed by atoms with E-state index >= 15 is 0 Å². The predicted octanol–water partition coefficient (Wildman–Crippen LogP) is 4.10. The quantitative estimate of drug-likeness (QED) is 0.814. The van der Waals surface area contributed by atoms with Gasteiger partial charge in [-0.05, 0) is 43.9 Å². The van der Waals surface area contributed by atoms with Crippen LogP contribution < -0.4 is 10.1 Å². The normalized spacial score (nSPS) is 17.9. The lowest BCUT2D eigenvalue weighted by atomic mass is 9.90. The van der Waals surface area contributed by atoms with Crippen molar-refractivity contribution in [1.82, 2.24) is 10.3 Å². The lowest BCUT2D eigenvalue weighted by molar-refractivity contribution is 0.208. The van der Waals surface area contributed by atoms with Gasteiger partial charge in [0.15, 0.2) is 0 Å². The highest BCUT2D eigenvalue weighted by molar-refractivity contribution is 5.21. The molecule has 1 aromatic heterocycles. The molecule has 20 heavy (non-hydrogen) atoms. The summed E-state index contributed by atoms with van der Waals surface area (Å²) in [6.45, 7) is 6.14. The zero-order valence-electron chi connectivity index (χ0n) is 12.9. The van der Waals surface area contributed by atoms with Gasteiger partial charge in [-0.2, -0.15) is 0 Å². The zero-order valence-corrected chi connectivity index (χ0v) is 12.9. The molecule has 1 saturated carbocycles. The third kappa shape index (κ3) is 4.48. The molecule has 3 nitrogen and oxygen atoms in total. The standard InChI is InChI=1S/C17H28N2O/c1-3-16(18-4-2)17-11-10-15(12-19-17)20-13-14-8-6-5-7-9-14/h10-12,14,16,18H,3-9,13H2,1-2H3. The number of nitrogens with zero attached hydrogens (tertiary/aromatic N) is 1. The lowest BCUT2D eigenvalue weighted by Gasteiger charge is -2.21. The molecule has 1 aromatic rings. The number of ether oxygens (including phenoxy) is 1. The molecule has 1 aliphatic rings. The van der Waals surface area contributed by atoms with Gasteiger partial charge in [0.1, 0.15) is 5.75 Å². The van der Waals surface area contributed by atoms with Gasteiger partial charge in [0.05, 0.1) is 18.5 Å². The molecule has 1 heterocycles. The lowest BCUT2D eigenvalue weighted by Crippen LogP contribution is -2.21. The van der Waals surface area contributed by atoms with Gasteiger partial charge < -0.3 is 10.1 Å². The Kier molecular flexibility index (Phi) is 6.31. The fourth-order valence-corrected chi connectivity index (χ4v) is 2.96. The average Bonchev–Trinajstić information content (AvgIpc) is 2.52. The first-order valence-electron chi connectivity index (χ1n) is 8.15. The number of rotatable bonds is 7. The van der Waals surface area contributed by atoms with Crippen LogP contribution in [0.25, 0.3) is 0 Å². The third-order valence-corrected chi connectivity index (χ3v) is 4.19. The summed E-state index contributed by atoms with van der Waals surface area (Å²) in [6.07, 6.45) is 9.71. The monoisotopic (exact) mass is 276 g/mol. The highest BCUT2D eigenvalue weighted by Gasteiger charge is 2.14. The molecule has 0 radical (unpaired) electrons. The number of aromatic nitrogens is 1. The van der Waals surface area contributed by atoms with Crippen molar-refractivity contribution in [3.05, 3.63) is 24.0 Å². The molecule has 1 unspecified atom stereocenters. The Morgan fingerprint density at radius 1 is 1.25 bits per heavy atom. The first-order chi connectivity index (χ1) is 9.83. The van der Waals surface area contributed by atoms with Crippen molar-refractivity contribution >= 4 is 0 Å². The van der Waals surface area contributed by atoms with Crippen molar-refractivity contribution in [2.75, 3.05) is 13.2 Å². The minimum Gasteiger partial charge on any atom is -0.492 e. The summed E-state index contributed by atoms with van der Waals surface area (Å²) >= 11 is 0. The van der Waals surface area contributed by atoms with E-state index in [1.165, 1.54) is 32.1 Å². The molecule has 1 fully saturated rings. The van der Waals surface area contributed by atoms with Crippen molar-refractivity contribution in [1.29, 1.82) is 0 Å². The van der Waals surface area contributed by atoms with Crippen LogP contribution in [0.3, 0.4) is 0 Å². The SMILES string of the molecule is CCNC(CC)c1ccc(OCC2CCCCC2)cn1. The highest BCUT2D eigenvalue weighted by Crippen LogP contribution is 2.25. The smallest absolute Gasteiger partial charge is 0.137 e. The maximum Gasteiger partial charge on any atom is 0.137 e. The van der Waals surface area contributed by atoms with Gasteiger partial charge in [0, 0.05) is 6.04 Å². The second-order valence-electron chi connectivity index (χ2n) is 5.75.